The number of anilines is 1. The van der Waals surface area contributed by atoms with E-state index in [2.05, 4.69) is 58.5 Å². The van der Waals surface area contributed by atoms with Crippen molar-refractivity contribution in [3.05, 3.63) is 71.8 Å². The summed E-state index contributed by atoms with van der Waals surface area (Å²) >= 11 is 0. The Morgan fingerprint density at radius 1 is 1.14 bits per heavy atom. The first-order chi connectivity index (χ1) is 13.6. The van der Waals surface area contributed by atoms with Crippen molar-refractivity contribution in [1.82, 2.24) is 9.80 Å². The summed E-state index contributed by atoms with van der Waals surface area (Å²) in [5.41, 5.74) is 3.28. The maximum atomic E-state index is 12.3. The minimum Gasteiger partial charge on any atom is -0.326 e. The first-order valence-electron chi connectivity index (χ1n) is 10.1. The number of carbonyl (C=O) groups excluding carboxylic acids is 1. The molecule has 28 heavy (non-hydrogen) atoms. The average molecular weight is 378 g/mol. The molecule has 0 saturated carbocycles. The van der Waals surface area contributed by atoms with Crippen LogP contribution >= 0.6 is 0 Å². The number of amides is 1. The topological polar surface area (TPSA) is 35.6 Å². The van der Waals surface area contributed by atoms with Crippen molar-refractivity contribution in [2.75, 3.05) is 38.0 Å². The van der Waals surface area contributed by atoms with E-state index in [0.29, 0.717) is 12.5 Å². The van der Waals surface area contributed by atoms with Gasteiger partial charge in [0.1, 0.15) is 0 Å². The van der Waals surface area contributed by atoms with E-state index in [1.165, 1.54) is 5.56 Å². The van der Waals surface area contributed by atoms with Gasteiger partial charge in [0.05, 0.1) is 0 Å². The number of nitrogens with zero attached hydrogens (tertiary/aromatic N) is 2. The molecule has 0 aromatic heterocycles. The molecule has 1 unspecified atom stereocenters. The zero-order valence-corrected chi connectivity index (χ0v) is 17.0. The van der Waals surface area contributed by atoms with Crippen molar-refractivity contribution in [3.8, 4) is 0 Å². The number of hydrogen-bond donors (Lipinski definition) is 1. The molecule has 0 radical (unpaired) electrons. The van der Waals surface area contributed by atoms with Crippen LogP contribution in [0.15, 0.2) is 60.7 Å². The average Bonchev–Trinajstić information content (AvgIpc) is 2.68. The van der Waals surface area contributed by atoms with E-state index in [0.717, 1.165) is 44.0 Å². The van der Waals surface area contributed by atoms with E-state index >= 15 is 0 Å². The molecule has 1 aliphatic rings. The molecule has 3 rings (SSSR count). The largest absolute Gasteiger partial charge is 0.326 e. The van der Waals surface area contributed by atoms with Gasteiger partial charge in [0, 0.05) is 50.9 Å². The van der Waals surface area contributed by atoms with Crippen molar-refractivity contribution in [2.24, 2.45) is 0 Å². The zero-order chi connectivity index (χ0) is 19.8. The molecule has 4 heteroatoms. The van der Waals surface area contributed by atoms with Crippen LogP contribution in [-0.4, -0.2) is 54.5 Å². The highest BCUT2D eigenvalue weighted by atomic mass is 16.1. The summed E-state index contributed by atoms with van der Waals surface area (Å²) in [5.74, 6) is 0.0889. The molecule has 1 aliphatic heterocycles. The summed E-state index contributed by atoms with van der Waals surface area (Å²) in [4.78, 5) is 17.2. The Bertz CT molecular complexity index is 787. The van der Waals surface area contributed by atoms with Gasteiger partial charge in [0.2, 0.25) is 5.91 Å². The van der Waals surface area contributed by atoms with Gasteiger partial charge in [-0.1, -0.05) is 54.6 Å². The van der Waals surface area contributed by atoms with Crippen molar-refractivity contribution >= 4 is 17.7 Å². The highest BCUT2D eigenvalue weighted by Gasteiger charge is 2.23. The van der Waals surface area contributed by atoms with Crippen LogP contribution in [0, 0.1) is 6.92 Å². The van der Waals surface area contributed by atoms with Gasteiger partial charge >= 0.3 is 0 Å². The first-order valence-corrected chi connectivity index (χ1v) is 10.1. The smallest absolute Gasteiger partial charge is 0.225 e. The molecular formula is C24H31N3O. The van der Waals surface area contributed by atoms with Crippen LogP contribution in [-0.2, 0) is 4.79 Å². The molecule has 0 aliphatic carbocycles. The van der Waals surface area contributed by atoms with Crippen LogP contribution in [0.4, 0.5) is 5.69 Å². The highest BCUT2D eigenvalue weighted by molar-refractivity contribution is 5.90. The van der Waals surface area contributed by atoms with Gasteiger partial charge in [0.15, 0.2) is 0 Å². The molecule has 2 aromatic rings. The van der Waals surface area contributed by atoms with E-state index in [-0.39, 0.29) is 5.91 Å². The predicted molar refractivity (Wildman–Crippen MR) is 117 cm³/mol. The number of rotatable bonds is 7. The highest BCUT2D eigenvalue weighted by Crippen LogP contribution is 2.13. The molecule has 1 heterocycles. The van der Waals surface area contributed by atoms with E-state index in [9.17, 15) is 4.79 Å². The Labute approximate surface area is 168 Å². The lowest BCUT2D eigenvalue weighted by Crippen LogP contribution is -2.52. The number of benzene rings is 2. The van der Waals surface area contributed by atoms with Crippen LogP contribution < -0.4 is 5.32 Å². The van der Waals surface area contributed by atoms with Crippen molar-refractivity contribution in [2.45, 2.75) is 26.3 Å². The molecule has 2 aromatic carbocycles. The molecule has 1 atom stereocenters. The standard InChI is InChI=1S/C24H31N3O/c1-20-8-6-12-23(18-20)25-24(28)13-15-27-17-16-26(19-21(27)2)14-7-11-22-9-4-3-5-10-22/h3-12,18,21H,13-17,19H2,1-2H3,(H,25,28). The molecule has 148 valence electrons. The summed E-state index contributed by atoms with van der Waals surface area (Å²) < 4.78 is 0. The number of carbonyl (C=O) groups is 1. The summed E-state index contributed by atoms with van der Waals surface area (Å²) in [6, 6.07) is 18.8. The Balaban J connectivity index is 1.39. The molecule has 0 spiro atoms. The van der Waals surface area contributed by atoms with Gasteiger partial charge in [0.25, 0.3) is 0 Å². The normalized spacial score (nSPS) is 18.4. The van der Waals surface area contributed by atoms with E-state index in [4.69, 9.17) is 0 Å². The molecule has 1 N–H and O–H groups in total. The molecular weight excluding hydrogens is 346 g/mol. The van der Waals surface area contributed by atoms with Crippen LogP contribution in [0.25, 0.3) is 6.08 Å². The monoisotopic (exact) mass is 377 g/mol. The molecule has 1 amide bonds. The van der Waals surface area contributed by atoms with E-state index in [1.807, 2.05) is 37.3 Å². The lowest BCUT2D eigenvalue weighted by Gasteiger charge is -2.39. The number of hydrogen-bond acceptors (Lipinski definition) is 3. The first kappa shape index (κ1) is 20.3. The van der Waals surface area contributed by atoms with Crippen LogP contribution in [0.2, 0.25) is 0 Å². The fourth-order valence-corrected chi connectivity index (χ4v) is 3.66. The van der Waals surface area contributed by atoms with Gasteiger partial charge in [-0.15, -0.1) is 0 Å². The lowest BCUT2D eigenvalue weighted by atomic mass is 10.1. The van der Waals surface area contributed by atoms with Crippen molar-refractivity contribution in [1.29, 1.82) is 0 Å². The van der Waals surface area contributed by atoms with Crippen LogP contribution in [0.3, 0.4) is 0 Å². The van der Waals surface area contributed by atoms with Crippen molar-refractivity contribution in [3.63, 3.8) is 0 Å². The van der Waals surface area contributed by atoms with Gasteiger partial charge in [-0.05, 0) is 37.1 Å². The number of aryl methyl sites for hydroxylation is 1. The Hall–Kier alpha value is -2.43. The fourth-order valence-electron chi connectivity index (χ4n) is 3.66. The maximum Gasteiger partial charge on any atom is 0.225 e. The van der Waals surface area contributed by atoms with Gasteiger partial charge in [-0.3, -0.25) is 14.6 Å². The van der Waals surface area contributed by atoms with E-state index in [1.54, 1.807) is 0 Å². The molecule has 1 fully saturated rings. The van der Waals surface area contributed by atoms with Gasteiger partial charge in [-0.2, -0.15) is 0 Å². The summed E-state index contributed by atoms with van der Waals surface area (Å²) in [5, 5.41) is 3.00. The summed E-state index contributed by atoms with van der Waals surface area (Å²) in [7, 11) is 0. The third-order valence-electron chi connectivity index (χ3n) is 5.25. The SMILES string of the molecule is Cc1cccc(NC(=O)CCN2CCN(CC=Cc3ccccc3)CC2C)c1. The number of piperazine rings is 1. The van der Waals surface area contributed by atoms with Crippen molar-refractivity contribution < 1.29 is 4.79 Å². The Morgan fingerprint density at radius 2 is 1.96 bits per heavy atom. The minimum atomic E-state index is 0.0889. The second-order valence-corrected chi connectivity index (χ2v) is 7.63. The van der Waals surface area contributed by atoms with Crippen LogP contribution in [0.5, 0.6) is 0 Å². The van der Waals surface area contributed by atoms with Crippen LogP contribution in [0.1, 0.15) is 24.5 Å². The molecule has 4 nitrogen and oxygen atoms in total. The third kappa shape index (κ3) is 6.32. The van der Waals surface area contributed by atoms with E-state index < -0.39 is 0 Å². The summed E-state index contributed by atoms with van der Waals surface area (Å²) in [6.07, 6.45) is 4.96. The number of nitrogens with one attached hydrogen (secondary N) is 1. The molecule has 0 bridgehead atoms. The Kier molecular flexibility index (Phi) is 7.40. The second-order valence-electron chi connectivity index (χ2n) is 7.63. The summed E-state index contributed by atoms with van der Waals surface area (Å²) in [6.45, 7) is 9.17. The van der Waals surface area contributed by atoms with Gasteiger partial charge in [-0.25, -0.2) is 0 Å². The quantitative estimate of drug-likeness (QED) is 0.791. The maximum absolute atomic E-state index is 12.3. The fraction of sp³-hybridized carbons (Fsp3) is 0.375. The predicted octanol–water partition coefficient (Wildman–Crippen LogP) is 4.04. The molecule has 1 saturated heterocycles. The minimum absolute atomic E-state index is 0.0889. The zero-order valence-electron chi connectivity index (χ0n) is 17.0. The lowest BCUT2D eigenvalue weighted by molar-refractivity contribution is -0.116. The third-order valence-corrected chi connectivity index (χ3v) is 5.25. The van der Waals surface area contributed by atoms with Gasteiger partial charge < -0.3 is 5.32 Å². The second kappa shape index (κ2) is 10.2. The Morgan fingerprint density at radius 3 is 2.71 bits per heavy atom.